The maximum atomic E-state index is 14.0. The number of hydrogen-bond donors (Lipinski definition) is 0. The molecule has 0 N–H and O–H groups in total. The van der Waals surface area contributed by atoms with Crippen molar-refractivity contribution in [1.82, 2.24) is 0 Å². The zero-order chi connectivity index (χ0) is 12.0. The molecule has 0 spiro atoms. The molecule has 0 heterocycles. The summed E-state index contributed by atoms with van der Waals surface area (Å²) < 4.78 is 23.9. The van der Waals surface area contributed by atoms with Gasteiger partial charge in [-0.3, -0.25) is 0 Å². The fraction of sp³-hybridized carbons (Fsp3) is 0.417. The average molecular weight is 226 g/mol. The van der Waals surface area contributed by atoms with Crippen LogP contribution in [0, 0.1) is 5.82 Å². The van der Waals surface area contributed by atoms with Gasteiger partial charge in [-0.2, -0.15) is 0 Å². The van der Waals surface area contributed by atoms with Gasteiger partial charge < -0.3 is 14.3 Å². The Balaban J connectivity index is 3.06. The second kappa shape index (κ2) is 6.23. The Morgan fingerprint density at radius 1 is 1.38 bits per heavy atom. The topological polar surface area (TPSA) is 35.5 Å². The first-order valence-corrected chi connectivity index (χ1v) is 5.01. The van der Waals surface area contributed by atoms with E-state index in [1.807, 2.05) is 0 Å². The van der Waals surface area contributed by atoms with E-state index in [0.717, 1.165) is 6.29 Å². The Morgan fingerprint density at radius 3 is 2.69 bits per heavy atom. The third kappa shape index (κ3) is 2.79. The van der Waals surface area contributed by atoms with E-state index in [4.69, 9.17) is 9.47 Å². The smallest absolute Gasteiger partial charge is 0.135 e. The first kappa shape index (κ1) is 12.6. The third-order valence-corrected chi connectivity index (χ3v) is 2.31. The van der Waals surface area contributed by atoms with Crippen LogP contribution in [0.5, 0.6) is 5.75 Å². The van der Waals surface area contributed by atoms with Gasteiger partial charge in [-0.25, -0.2) is 4.39 Å². The second-order valence-electron chi connectivity index (χ2n) is 3.36. The van der Waals surface area contributed by atoms with E-state index >= 15 is 0 Å². The molecule has 1 rings (SSSR count). The molecule has 0 aromatic heterocycles. The standard InChI is InChI=1S/C12H15FO3/c1-15-8-9-5-6-11(16-2)10(12(9)13)4-3-7-14/h5-7H,3-4,8H2,1-2H3. The van der Waals surface area contributed by atoms with Gasteiger partial charge in [0.1, 0.15) is 17.9 Å². The van der Waals surface area contributed by atoms with Crippen LogP contribution in [-0.2, 0) is 22.6 Å². The normalized spacial score (nSPS) is 10.2. The molecule has 4 heteroatoms. The van der Waals surface area contributed by atoms with Crippen molar-refractivity contribution in [1.29, 1.82) is 0 Å². The average Bonchev–Trinajstić information content (AvgIpc) is 2.30. The molecule has 88 valence electrons. The molecule has 0 aliphatic carbocycles. The van der Waals surface area contributed by atoms with E-state index in [-0.39, 0.29) is 18.8 Å². The Labute approximate surface area is 94.2 Å². The molecule has 0 saturated carbocycles. The van der Waals surface area contributed by atoms with Gasteiger partial charge in [-0.05, 0) is 12.5 Å². The van der Waals surface area contributed by atoms with E-state index in [2.05, 4.69) is 0 Å². The Morgan fingerprint density at radius 2 is 2.12 bits per heavy atom. The number of carbonyl (C=O) groups excluding carboxylic acids is 1. The summed E-state index contributed by atoms with van der Waals surface area (Å²) in [6.45, 7) is 0.212. The highest BCUT2D eigenvalue weighted by Crippen LogP contribution is 2.25. The number of hydrogen-bond acceptors (Lipinski definition) is 3. The largest absolute Gasteiger partial charge is 0.496 e. The lowest BCUT2D eigenvalue weighted by Crippen LogP contribution is -2.02. The van der Waals surface area contributed by atoms with Gasteiger partial charge >= 0.3 is 0 Å². The van der Waals surface area contributed by atoms with Crippen molar-refractivity contribution >= 4 is 6.29 Å². The summed E-state index contributed by atoms with van der Waals surface area (Å²) in [5, 5.41) is 0. The molecule has 16 heavy (non-hydrogen) atoms. The molecule has 1 aromatic rings. The van der Waals surface area contributed by atoms with Crippen LogP contribution < -0.4 is 4.74 Å². The highest BCUT2D eigenvalue weighted by Gasteiger charge is 2.13. The maximum Gasteiger partial charge on any atom is 0.135 e. The zero-order valence-electron chi connectivity index (χ0n) is 9.46. The molecule has 1 aromatic carbocycles. The molecule has 0 bridgehead atoms. The summed E-state index contributed by atoms with van der Waals surface area (Å²) in [5.41, 5.74) is 0.911. The minimum absolute atomic E-state index is 0.212. The lowest BCUT2D eigenvalue weighted by molar-refractivity contribution is -0.107. The molecular weight excluding hydrogens is 211 g/mol. The van der Waals surface area contributed by atoms with E-state index in [1.165, 1.54) is 14.2 Å². The van der Waals surface area contributed by atoms with Crippen LogP contribution in [0.4, 0.5) is 4.39 Å². The minimum Gasteiger partial charge on any atom is -0.496 e. The molecule has 0 atom stereocenters. The van der Waals surface area contributed by atoms with Crippen molar-refractivity contribution in [3.8, 4) is 5.75 Å². The van der Waals surface area contributed by atoms with Gasteiger partial charge in [-0.1, -0.05) is 6.07 Å². The van der Waals surface area contributed by atoms with Gasteiger partial charge in [0, 0.05) is 24.7 Å². The quantitative estimate of drug-likeness (QED) is 0.697. The number of carbonyl (C=O) groups is 1. The minimum atomic E-state index is -0.344. The van der Waals surface area contributed by atoms with E-state index in [1.54, 1.807) is 12.1 Å². The molecule has 0 amide bonds. The van der Waals surface area contributed by atoms with Crippen LogP contribution >= 0.6 is 0 Å². The summed E-state index contributed by atoms with van der Waals surface area (Å²) in [5.74, 6) is 0.127. The number of rotatable bonds is 6. The first-order valence-electron chi connectivity index (χ1n) is 5.01. The number of aldehydes is 1. The van der Waals surface area contributed by atoms with Crippen molar-refractivity contribution in [2.45, 2.75) is 19.4 Å². The maximum absolute atomic E-state index is 14.0. The SMILES string of the molecule is COCc1ccc(OC)c(CCC=O)c1F. The van der Waals surface area contributed by atoms with Crippen LogP contribution in [0.2, 0.25) is 0 Å². The summed E-state index contributed by atoms with van der Waals surface area (Å²) in [6.07, 6.45) is 1.39. The molecule has 0 radical (unpaired) electrons. The molecule has 0 saturated heterocycles. The predicted molar refractivity (Wildman–Crippen MR) is 58.1 cm³/mol. The van der Waals surface area contributed by atoms with Gasteiger partial charge in [-0.15, -0.1) is 0 Å². The van der Waals surface area contributed by atoms with E-state index < -0.39 is 0 Å². The summed E-state index contributed by atoms with van der Waals surface area (Å²) in [6, 6.07) is 3.32. The molecule has 3 nitrogen and oxygen atoms in total. The number of benzene rings is 1. The molecule has 0 aliphatic rings. The summed E-state index contributed by atoms with van der Waals surface area (Å²) in [7, 11) is 2.99. The molecule has 0 fully saturated rings. The number of ether oxygens (including phenoxy) is 2. The Bertz CT molecular complexity index is 364. The highest BCUT2D eigenvalue weighted by atomic mass is 19.1. The monoisotopic (exact) mass is 226 g/mol. The van der Waals surface area contributed by atoms with Gasteiger partial charge in [0.15, 0.2) is 0 Å². The van der Waals surface area contributed by atoms with Crippen LogP contribution in [0.25, 0.3) is 0 Å². The second-order valence-corrected chi connectivity index (χ2v) is 3.36. The first-order chi connectivity index (χ1) is 7.74. The summed E-state index contributed by atoms with van der Waals surface area (Å²) in [4.78, 5) is 10.3. The predicted octanol–water partition coefficient (Wildman–Crippen LogP) is 2.11. The van der Waals surface area contributed by atoms with Crippen molar-refractivity contribution in [3.63, 3.8) is 0 Å². The molecule has 0 aliphatic heterocycles. The van der Waals surface area contributed by atoms with Crippen molar-refractivity contribution in [3.05, 3.63) is 29.1 Å². The van der Waals surface area contributed by atoms with Crippen molar-refractivity contribution in [2.24, 2.45) is 0 Å². The lowest BCUT2D eigenvalue weighted by atomic mass is 10.0. The van der Waals surface area contributed by atoms with Gasteiger partial charge in [0.2, 0.25) is 0 Å². The summed E-state index contributed by atoms with van der Waals surface area (Å²) >= 11 is 0. The van der Waals surface area contributed by atoms with Crippen molar-refractivity contribution in [2.75, 3.05) is 14.2 Å². The lowest BCUT2D eigenvalue weighted by Gasteiger charge is -2.11. The van der Waals surface area contributed by atoms with Crippen molar-refractivity contribution < 1.29 is 18.7 Å². The fourth-order valence-corrected chi connectivity index (χ4v) is 1.55. The van der Waals surface area contributed by atoms with Crippen LogP contribution in [-0.4, -0.2) is 20.5 Å². The number of halogens is 1. The van der Waals surface area contributed by atoms with E-state index in [0.29, 0.717) is 23.3 Å². The van der Waals surface area contributed by atoms with Crippen LogP contribution in [0.3, 0.4) is 0 Å². The Kier molecular flexibility index (Phi) is 4.92. The van der Waals surface area contributed by atoms with Gasteiger partial charge in [0.05, 0.1) is 13.7 Å². The number of methoxy groups -OCH3 is 2. The molecule has 0 unspecified atom stereocenters. The van der Waals surface area contributed by atoms with Crippen LogP contribution in [0.1, 0.15) is 17.5 Å². The highest BCUT2D eigenvalue weighted by molar-refractivity contribution is 5.51. The van der Waals surface area contributed by atoms with Gasteiger partial charge in [0.25, 0.3) is 0 Å². The fourth-order valence-electron chi connectivity index (χ4n) is 1.55. The van der Waals surface area contributed by atoms with Crippen LogP contribution in [0.15, 0.2) is 12.1 Å². The zero-order valence-corrected chi connectivity index (χ0v) is 9.46. The molecular formula is C12H15FO3. The Hall–Kier alpha value is -1.42. The third-order valence-electron chi connectivity index (χ3n) is 2.31. The van der Waals surface area contributed by atoms with E-state index in [9.17, 15) is 9.18 Å².